The van der Waals surface area contributed by atoms with Crippen LogP contribution in [0.25, 0.3) is 0 Å². The van der Waals surface area contributed by atoms with Crippen LogP contribution < -0.4 is 4.90 Å². The van der Waals surface area contributed by atoms with Crippen molar-refractivity contribution in [3.05, 3.63) is 29.3 Å². The summed E-state index contributed by atoms with van der Waals surface area (Å²) >= 11 is 0. The van der Waals surface area contributed by atoms with Gasteiger partial charge in [0.15, 0.2) is 5.78 Å². The van der Waals surface area contributed by atoms with Crippen LogP contribution in [-0.4, -0.2) is 19.9 Å². The van der Waals surface area contributed by atoms with E-state index in [1.807, 2.05) is 19.0 Å². The lowest BCUT2D eigenvalue weighted by atomic mass is 10.1. The molecule has 0 saturated heterocycles. The molecular weight excluding hydrogens is 176 g/mol. The number of nitriles is 1. The zero-order valence-electron chi connectivity index (χ0n) is 8.53. The Bertz CT molecular complexity index is 402. The molecule has 3 heteroatoms. The van der Waals surface area contributed by atoms with Gasteiger partial charge in [0.1, 0.15) is 0 Å². The maximum atomic E-state index is 11.3. The van der Waals surface area contributed by atoms with Crippen molar-refractivity contribution in [1.82, 2.24) is 0 Å². The summed E-state index contributed by atoms with van der Waals surface area (Å²) in [7, 11) is 3.70. The monoisotopic (exact) mass is 188 g/mol. The normalized spacial score (nSPS) is 9.29. The fraction of sp³-hybridized carbons (Fsp3) is 0.273. The van der Waals surface area contributed by atoms with Crippen LogP contribution in [0, 0.1) is 11.3 Å². The van der Waals surface area contributed by atoms with Crippen LogP contribution in [0.15, 0.2) is 18.2 Å². The van der Waals surface area contributed by atoms with Crippen molar-refractivity contribution < 1.29 is 4.79 Å². The largest absolute Gasteiger partial charge is 0.377 e. The Morgan fingerprint density at radius 3 is 2.50 bits per heavy atom. The number of Topliss-reactive ketones (excluding diaryl/α,β-unsaturated/α-hetero) is 1. The van der Waals surface area contributed by atoms with E-state index >= 15 is 0 Å². The van der Waals surface area contributed by atoms with E-state index in [0.29, 0.717) is 11.1 Å². The molecule has 0 saturated carbocycles. The highest BCUT2D eigenvalue weighted by molar-refractivity contribution is 5.99. The number of carbonyl (C=O) groups excluding carboxylic acids is 1. The number of carbonyl (C=O) groups is 1. The first-order chi connectivity index (χ1) is 6.56. The van der Waals surface area contributed by atoms with Crippen LogP contribution in [-0.2, 0) is 0 Å². The van der Waals surface area contributed by atoms with Crippen LogP contribution in [0.1, 0.15) is 22.8 Å². The smallest absolute Gasteiger partial charge is 0.161 e. The van der Waals surface area contributed by atoms with Crippen molar-refractivity contribution in [1.29, 1.82) is 5.26 Å². The first-order valence-electron chi connectivity index (χ1n) is 4.28. The van der Waals surface area contributed by atoms with Crippen molar-refractivity contribution in [2.75, 3.05) is 19.0 Å². The molecule has 0 spiro atoms. The topological polar surface area (TPSA) is 44.1 Å². The predicted molar refractivity (Wildman–Crippen MR) is 55.5 cm³/mol. The van der Waals surface area contributed by atoms with E-state index < -0.39 is 0 Å². The number of nitrogens with zero attached hydrogens (tertiary/aromatic N) is 2. The Kier molecular flexibility index (Phi) is 2.88. The third kappa shape index (κ3) is 1.91. The molecule has 0 N–H and O–H groups in total. The Morgan fingerprint density at radius 1 is 1.43 bits per heavy atom. The molecular formula is C11H12N2O. The van der Waals surface area contributed by atoms with Crippen molar-refractivity contribution >= 4 is 11.5 Å². The Hall–Kier alpha value is -1.82. The summed E-state index contributed by atoms with van der Waals surface area (Å²) in [5.74, 6) is 0.0122. The second-order valence-corrected chi connectivity index (χ2v) is 3.29. The zero-order valence-corrected chi connectivity index (χ0v) is 8.53. The number of hydrogen-bond acceptors (Lipinski definition) is 3. The molecule has 1 rings (SSSR count). The lowest BCUT2D eigenvalue weighted by Crippen LogP contribution is -2.13. The van der Waals surface area contributed by atoms with Gasteiger partial charge in [-0.25, -0.2) is 0 Å². The lowest BCUT2D eigenvalue weighted by molar-refractivity contribution is 0.101. The molecule has 0 aliphatic heterocycles. The zero-order chi connectivity index (χ0) is 10.7. The molecule has 0 aliphatic carbocycles. The van der Waals surface area contributed by atoms with Crippen molar-refractivity contribution in [2.24, 2.45) is 0 Å². The van der Waals surface area contributed by atoms with E-state index in [0.717, 1.165) is 5.69 Å². The molecule has 1 aromatic carbocycles. The summed E-state index contributed by atoms with van der Waals surface area (Å²) in [6.45, 7) is 1.52. The summed E-state index contributed by atoms with van der Waals surface area (Å²) < 4.78 is 0. The Morgan fingerprint density at radius 2 is 2.07 bits per heavy atom. The second kappa shape index (κ2) is 3.93. The minimum absolute atomic E-state index is 0.0122. The molecule has 0 bridgehead atoms. The maximum Gasteiger partial charge on any atom is 0.161 e. The van der Waals surface area contributed by atoms with Crippen LogP contribution >= 0.6 is 0 Å². The molecule has 0 radical (unpaired) electrons. The first kappa shape index (κ1) is 10.3. The van der Waals surface area contributed by atoms with Crippen LogP contribution in [0.3, 0.4) is 0 Å². The minimum Gasteiger partial charge on any atom is -0.377 e. The van der Waals surface area contributed by atoms with E-state index in [-0.39, 0.29) is 5.78 Å². The van der Waals surface area contributed by atoms with Gasteiger partial charge in [-0.3, -0.25) is 4.79 Å². The highest BCUT2D eigenvalue weighted by atomic mass is 16.1. The van der Waals surface area contributed by atoms with Gasteiger partial charge in [0.05, 0.1) is 11.6 Å². The fourth-order valence-corrected chi connectivity index (χ4v) is 1.27. The summed E-state index contributed by atoms with van der Waals surface area (Å²) in [5, 5.41) is 8.72. The standard InChI is InChI=1S/C11H12N2O/c1-8(14)10-5-4-9(7-12)6-11(10)13(2)3/h4-6H,1-3H3. The molecule has 0 unspecified atom stereocenters. The summed E-state index contributed by atoms with van der Waals surface area (Å²) in [4.78, 5) is 13.1. The van der Waals surface area contributed by atoms with E-state index in [4.69, 9.17) is 5.26 Å². The Balaban J connectivity index is 3.33. The molecule has 0 fully saturated rings. The highest BCUT2D eigenvalue weighted by Crippen LogP contribution is 2.20. The van der Waals surface area contributed by atoms with Crippen LogP contribution in [0.2, 0.25) is 0 Å². The highest BCUT2D eigenvalue weighted by Gasteiger charge is 2.09. The summed E-state index contributed by atoms with van der Waals surface area (Å²) in [6, 6.07) is 7.12. The summed E-state index contributed by atoms with van der Waals surface area (Å²) in [6.07, 6.45) is 0. The van der Waals surface area contributed by atoms with E-state index in [1.165, 1.54) is 6.92 Å². The number of hydrogen-bond donors (Lipinski definition) is 0. The molecule has 0 amide bonds. The third-order valence-corrected chi connectivity index (χ3v) is 1.99. The van der Waals surface area contributed by atoms with Gasteiger partial charge < -0.3 is 4.90 Å². The fourth-order valence-electron chi connectivity index (χ4n) is 1.27. The van der Waals surface area contributed by atoms with Gasteiger partial charge in [-0.1, -0.05) is 0 Å². The van der Waals surface area contributed by atoms with Gasteiger partial charge >= 0.3 is 0 Å². The SMILES string of the molecule is CC(=O)c1ccc(C#N)cc1N(C)C. The third-order valence-electron chi connectivity index (χ3n) is 1.99. The molecule has 72 valence electrons. The number of ketones is 1. The van der Waals surface area contributed by atoms with E-state index in [1.54, 1.807) is 18.2 Å². The van der Waals surface area contributed by atoms with Crippen molar-refractivity contribution in [3.8, 4) is 6.07 Å². The molecule has 0 heterocycles. The average molecular weight is 188 g/mol. The summed E-state index contributed by atoms with van der Waals surface area (Å²) in [5.41, 5.74) is 2.00. The molecule has 0 atom stereocenters. The molecule has 0 aliphatic rings. The van der Waals surface area contributed by atoms with Gasteiger partial charge in [0.2, 0.25) is 0 Å². The van der Waals surface area contributed by atoms with Gasteiger partial charge in [-0.2, -0.15) is 5.26 Å². The van der Waals surface area contributed by atoms with Gasteiger partial charge in [-0.05, 0) is 25.1 Å². The molecule has 3 nitrogen and oxygen atoms in total. The average Bonchev–Trinajstić information content (AvgIpc) is 2.16. The lowest BCUT2D eigenvalue weighted by Gasteiger charge is -2.15. The number of anilines is 1. The van der Waals surface area contributed by atoms with E-state index in [2.05, 4.69) is 6.07 Å². The second-order valence-electron chi connectivity index (χ2n) is 3.29. The quantitative estimate of drug-likeness (QED) is 0.665. The van der Waals surface area contributed by atoms with Crippen molar-refractivity contribution in [3.63, 3.8) is 0 Å². The number of benzene rings is 1. The van der Waals surface area contributed by atoms with Gasteiger partial charge in [0.25, 0.3) is 0 Å². The van der Waals surface area contributed by atoms with Crippen molar-refractivity contribution in [2.45, 2.75) is 6.92 Å². The van der Waals surface area contributed by atoms with Gasteiger partial charge in [0, 0.05) is 25.3 Å². The van der Waals surface area contributed by atoms with E-state index in [9.17, 15) is 4.79 Å². The molecule has 0 aromatic heterocycles. The number of rotatable bonds is 2. The van der Waals surface area contributed by atoms with Gasteiger partial charge in [-0.15, -0.1) is 0 Å². The first-order valence-corrected chi connectivity index (χ1v) is 4.28. The van der Waals surface area contributed by atoms with Crippen LogP contribution in [0.5, 0.6) is 0 Å². The minimum atomic E-state index is 0.0122. The molecule has 14 heavy (non-hydrogen) atoms. The van der Waals surface area contributed by atoms with Crippen LogP contribution in [0.4, 0.5) is 5.69 Å². The Labute approximate surface area is 83.6 Å². The molecule has 1 aromatic rings. The predicted octanol–water partition coefficient (Wildman–Crippen LogP) is 1.83. The maximum absolute atomic E-state index is 11.3.